The minimum atomic E-state index is -0.996. The summed E-state index contributed by atoms with van der Waals surface area (Å²) in [7, 11) is 0. The molecule has 0 amide bonds. The number of pyridine rings is 1. The van der Waals surface area contributed by atoms with Crippen LogP contribution in [0.25, 0.3) is 27.7 Å². The Hall–Kier alpha value is -4.37. The van der Waals surface area contributed by atoms with Crippen molar-refractivity contribution in [2.24, 2.45) is 4.99 Å². The van der Waals surface area contributed by atoms with Crippen molar-refractivity contribution in [1.29, 1.82) is 0 Å². The molecule has 0 bridgehead atoms. The van der Waals surface area contributed by atoms with Gasteiger partial charge in [0.2, 0.25) is 12.2 Å². The Morgan fingerprint density at radius 1 is 1.14 bits per heavy atom. The normalized spacial score (nSPS) is 20.3. The van der Waals surface area contributed by atoms with Crippen molar-refractivity contribution < 1.29 is 19.3 Å². The number of aliphatic hydroxyl groups excluding tert-OH is 1. The smallest absolute Gasteiger partial charge is 0.257 e. The molecule has 2 aromatic carbocycles. The predicted molar refractivity (Wildman–Crippen MR) is 133 cm³/mol. The van der Waals surface area contributed by atoms with E-state index < -0.39 is 6.35 Å². The molecule has 2 atom stereocenters. The van der Waals surface area contributed by atoms with Gasteiger partial charge in [-0.1, -0.05) is 24.3 Å². The van der Waals surface area contributed by atoms with Crippen LogP contribution < -0.4 is 9.47 Å². The molecule has 180 valence electrons. The summed E-state index contributed by atoms with van der Waals surface area (Å²) in [4.78, 5) is 10.4. The highest BCUT2D eigenvalue weighted by Crippen LogP contribution is 2.35. The Kier molecular flexibility index (Phi) is 4.88. The van der Waals surface area contributed by atoms with Crippen LogP contribution in [0.5, 0.6) is 11.6 Å². The minimum Gasteiger partial charge on any atom is -0.478 e. The van der Waals surface area contributed by atoms with Gasteiger partial charge in [0.1, 0.15) is 13.2 Å². The molecule has 9 nitrogen and oxygen atoms in total. The molecule has 0 spiro atoms. The van der Waals surface area contributed by atoms with Crippen molar-refractivity contribution in [2.75, 3.05) is 19.8 Å². The molecule has 0 radical (unpaired) electrons. The van der Waals surface area contributed by atoms with Crippen LogP contribution >= 0.6 is 0 Å². The van der Waals surface area contributed by atoms with Crippen molar-refractivity contribution in [3.8, 4) is 22.8 Å². The van der Waals surface area contributed by atoms with E-state index in [9.17, 15) is 5.11 Å². The summed E-state index contributed by atoms with van der Waals surface area (Å²) >= 11 is 0. The third-order valence-corrected chi connectivity index (χ3v) is 6.72. The maximum atomic E-state index is 10.7. The van der Waals surface area contributed by atoms with Crippen LogP contribution in [0.15, 0.2) is 72.0 Å². The minimum absolute atomic E-state index is 0.242. The van der Waals surface area contributed by atoms with Crippen molar-refractivity contribution in [1.82, 2.24) is 20.1 Å². The van der Waals surface area contributed by atoms with Crippen molar-refractivity contribution in [3.05, 3.63) is 78.1 Å². The maximum absolute atomic E-state index is 10.7. The highest BCUT2D eigenvalue weighted by atomic mass is 16.6. The molecule has 0 saturated carbocycles. The number of aromatic nitrogens is 3. The lowest BCUT2D eigenvalue weighted by Crippen LogP contribution is -2.41. The lowest BCUT2D eigenvalue weighted by molar-refractivity contribution is 0.0348. The summed E-state index contributed by atoms with van der Waals surface area (Å²) in [5.74, 6) is 1.45. The van der Waals surface area contributed by atoms with Crippen LogP contribution in [0.4, 0.5) is 0 Å². The lowest BCUT2D eigenvalue weighted by atomic mass is 9.91. The predicted octanol–water partition coefficient (Wildman–Crippen LogP) is 3.37. The van der Waals surface area contributed by atoms with E-state index in [1.165, 1.54) is 5.56 Å². The molecule has 7 rings (SSSR count). The van der Waals surface area contributed by atoms with E-state index in [4.69, 9.17) is 14.2 Å². The first-order valence-electron chi connectivity index (χ1n) is 11.9. The zero-order chi connectivity index (χ0) is 24.1. The van der Waals surface area contributed by atoms with Gasteiger partial charge in [-0.2, -0.15) is 10.1 Å². The van der Waals surface area contributed by atoms with Gasteiger partial charge in [0.05, 0.1) is 17.4 Å². The lowest BCUT2D eigenvalue weighted by Gasteiger charge is -2.37. The molecule has 0 saturated heterocycles. The van der Waals surface area contributed by atoms with E-state index >= 15 is 0 Å². The van der Waals surface area contributed by atoms with Gasteiger partial charge in [-0.25, -0.2) is 4.98 Å². The molecule has 2 aromatic heterocycles. The van der Waals surface area contributed by atoms with Gasteiger partial charge in [-0.05, 0) is 47.4 Å². The fourth-order valence-corrected chi connectivity index (χ4v) is 4.91. The van der Waals surface area contributed by atoms with Crippen LogP contribution in [-0.4, -0.2) is 63.3 Å². The van der Waals surface area contributed by atoms with E-state index in [-0.39, 0.29) is 12.7 Å². The second kappa shape index (κ2) is 8.39. The number of fused-ring (bicyclic) bond motifs is 5. The quantitative estimate of drug-likeness (QED) is 0.462. The molecule has 2 unspecified atom stereocenters. The van der Waals surface area contributed by atoms with Crippen LogP contribution in [-0.2, 0) is 11.2 Å². The number of nitrogens with one attached hydrogen (secondary N) is 1. The number of ether oxygens (including phenoxy) is 3. The van der Waals surface area contributed by atoms with Crippen LogP contribution in [0.2, 0.25) is 0 Å². The fourth-order valence-electron chi connectivity index (χ4n) is 4.91. The first kappa shape index (κ1) is 21.0. The SMILES string of the molecule is OC1N=C(OCC2COc3ncccc3O2)C=C2c3ccc(-c4ccc5[nH]ncc5c4)cc3CCN21. The van der Waals surface area contributed by atoms with Gasteiger partial charge in [-0.15, -0.1) is 0 Å². The number of H-pyrrole nitrogens is 1. The third-order valence-electron chi connectivity index (χ3n) is 6.72. The van der Waals surface area contributed by atoms with Gasteiger partial charge in [0.15, 0.2) is 11.9 Å². The van der Waals surface area contributed by atoms with Gasteiger partial charge in [0, 0.05) is 29.8 Å². The monoisotopic (exact) mass is 481 g/mol. The van der Waals surface area contributed by atoms with Crippen LogP contribution in [0, 0.1) is 0 Å². The molecule has 0 aliphatic carbocycles. The van der Waals surface area contributed by atoms with Crippen molar-refractivity contribution in [3.63, 3.8) is 0 Å². The molecule has 3 aliphatic heterocycles. The van der Waals surface area contributed by atoms with Gasteiger partial charge >= 0.3 is 0 Å². The standard InChI is InChI=1S/C27H23N5O4/c33-27-30-25(34-14-20-15-35-26-24(36-20)2-1-8-28-26)12-23-21-5-3-16(10-18(21)7-9-32(23)27)17-4-6-22-19(11-17)13-29-31-22/h1-6,8,10-13,20,27,33H,7,9,14-15H2,(H,29,31). The fraction of sp³-hybridized carbons (Fsp3) is 0.222. The molecule has 36 heavy (non-hydrogen) atoms. The van der Waals surface area contributed by atoms with Crippen LogP contribution in [0.1, 0.15) is 11.1 Å². The third kappa shape index (κ3) is 3.64. The second-order valence-electron chi connectivity index (χ2n) is 9.00. The van der Waals surface area contributed by atoms with E-state index in [0.717, 1.165) is 39.7 Å². The Morgan fingerprint density at radius 2 is 2.06 bits per heavy atom. The Labute approximate surface area is 206 Å². The van der Waals surface area contributed by atoms with Gasteiger partial charge in [-0.3, -0.25) is 5.10 Å². The number of aliphatic imine (C=N–C) groups is 1. The average Bonchev–Trinajstić information content (AvgIpc) is 3.39. The largest absolute Gasteiger partial charge is 0.478 e. The van der Waals surface area contributed by atoms with Gasteiger partial charge in [0.25, 0.3) is 5.88 Å². The first-order chi connectivity index (χ1) is 17.7. The number of hydrogen-bond acceptors (Lipinski definition) is 8. The van der Waals surface area contributed by atoms with Crippen molar-refractivity contribution >= 4 is 22.5 Å². The molecule has 2 N–H and O–H groups in total. The van der Waals surface area contributed by atoms with E-state index in [1.54, 1.807) is 12.3 Å². The highest BCUT2D eigenvalue weighted by molar-refractivity contribution is 5.97. The number of rotatable bonds is 3. The van der Waals surface area contributed by atoms with Gasteiger partial charge < -0.3 is 24.2 Å². The molecule has 9 heteroatoms. The van der Waals surface area contributed by atoms with Crippen LogP contribution in [0.3, 0.4) is 0 Å². The zero-order valence-corrected chi connectivity index (χ0v) is 19.3. The molecule has 4 aromatic rings. The summed E-state index contributed by atoms with van der Waals surface area (Å²) in [5, 5.41) is 18.9. The summed E-state index contributed by atoms with van der Waals surface area (Å²) < 4.78 is 17.5. The maximum Gasteiger partial charge on any atom is 0.257 e. The number of benzene rings is 2. The van der Waals surface area contributed by atoms with Crippen molar-refractivity contribution in [2.45, 2.75) is 18.9 Å². The van der Waals surface area contributed by atoms with E-state index in [0.29, 0.717) is 30.7 Å². The molecular weight excluding hydrogens is 458 g/mol. The number of aliphatic hydroxyl groups is 1. The number of hydrogen-bond donors (Lipinski definition) is 2. The molecule has 3 aliphatic rings. The molecular formula is C27H23N5O4. The second-order valence-corrected chi connectivity index (χ2v) is 9.00. The molecule has 5 heterocycles. The zero-order valence-electron chi connectivity index (χ0n) is 19.3. The Morgan fingerprint density at radius 3 is 3.03 bits per heavy atom. The average molecular weight is 482 g/mol. The summed E-state index contributed by atoms with van der Waals surface area (Å²) in [6, 6.07) is 16.4. The Balaban J connectivity index is 1.12. The summed E-state index contributed by atoms with van der Waals surface area (Å²) in [6.07, 6.45) is 4.91. The number of aromatic amines is 1. The molecule has 0 fully saturated rings. The first-order valence-corrected chi connectivity index (χ1v) is 11.9. The van der Waals surface area contributed by atoms with E-state index in [1.807, 2.05) is 23.2 Å². The highest BCUT2D eigenvalue weighted by Gasteiger charge is 2.31. The number of nitrogens with zero attached hydrogens (tertiary/aromatic N) is 4. The van der Waals surface area contributed by atoms with E-state index in [2.05, 4.69) is 56.6 Å². The Bertz CT molecular complexity index is 1530. The topological polar surface area (TPSA) is 105 Å². The summed E-state index contributed by atoms with van der Waals surface area (Å²) in [6.45, 7) is 1.25. The summed E-state index contributed by atoms with van der Waals surface area (Å²) in [5.41, 5.74) is 6.51.